The molecular weight excluding hydrogens is 485 g/mol. The molecule has 0 radical (unpaired) electrons. The standard InChI is InChI=1S/C24H23F3N10/c1-13(15-8-31-22(32-9-15)35-17-3-4-37(2)12-17)34-23-33-7-14(6-28)20(36-23)19-11-30-21-18(19)5-16(10-29-21)24(25,26)27/h5,7-11,13,17H,3-4,12H2,1-2H3,(H,29,30)(H,31,32,35)(H,33,34,36)/t13-,17+/m1/s1. The fourth-order valence-electron chi connectivity index (χ4n) is 4.24. The zero-order valence-corrected chi connectivity index (χ0v) is 20.0. The number of hydrogen-bond donors (Lipinski definition) is 3. The van der Waals surface area contributed by atoms with E-state index in [1.165, 1.54) is 12.4 Å². The van der Waals surface area contributed by atoms with Gasteiger partial charge in [0.1, 0.15) is 11.7 Å². The molecule has 0 aromatic carbocycles. The van der Waals surface area contributed by atoms with Gasteiger partial charge in [-0.05, 0) is 33.0 Å². The summed E-state index contributed by atoms with van der Waals surface area (Å²) in [5.41, 5.74) is 0.778. The first-order chi connectivity index (χ1) is 17.7. The number of H-pyrrole nitrogens is 1. The molecule has 5 heterocycles. The van der Waals surface area contributed by atoms with Crippen LogP contribution in [0.2, 0.25) is 0 Å². The van der Waals surface area contributed by atoms with Gasteiger partial charge in [0.2, 0.25) is 11.9 Å². The first kappa shape index (κ1) is 24.4. The van der Waals surface area contributed by atoms with E-state index in [0.29, 0.717) is 17.6 Å². The highest BCUT2D eigenvalue weighted by Gasteiger charge is 2.32. The van der Waals surface area contributed by atoms with Crippen molar-refractivity contribution in [2.75, 3.05) is 30.8 Å². The molecule has 4 aromatic rings. The van der Waals surface area contributed by atoms with Crippen molar-refractivity contribution in [1.82, 2.24) is 34.8 Å². The van der Waals surface area contributed by atoms with Crippen LogP contribution in [0.4, 0.5) is 25.1 Å². The number of aromatic nitrogens is 6. The van der Waals surface area contributed by atoms with Gasteiger partial charge in [-0.3, -0.25) is 0 Å². The quantitative estimate of drug-likeness (QED) is 0.354. The molecule has 10 nitrogen and oxygen atoms in total. The summed E-state index contributed by atoms with van der Waals surface area (Å²) in [7, 11) is 2.07. The number of alkyl halides is 3. The average Bonchev–Trinajstić information content (AvgIpc) is 3.49. The predicted octanol–water partition coefficient (Wildman–Crippen LogP) is 3.99. The van der Waals surface area contributed by atoms with Gasteiger partial charge in [0, 0.05) is 53.9 Å². The van der Waals surface area contributed by atoms with E-state index in [-0.39, 0.29) is 34.3 Å². The Kier molecular flexibility index (Phi) is 6.34. The maximum atomic E-state index is 13.3. The number of likely N-dealkylation sites (tertiary alicyclic amines) is 1. The number of likely N-dealkylation sites (N-methyl/N-ethyl adjacent to an activating group) is 1. The summed E-state index contributed by atoms with van der Waals surface area (Å²) in [5.74, 6) is 0.756. The van der Waals surface area contributed by atoms with Crippen LogP contribution in [0.25, 0.3) is 22.3 Å². The van der Waals surface area contributed by atoms with E-state index in [0.717, 1.165) is 37.3 Å². The van der Waals surface area contributed by atoms with Crippen LogP contribution in [0.15, 0.2) is 37.1 Å². The fraction of sp³-hybridized carbons (Fsp3) is 0.333. The molecule has 0 saturated carbocycles. The Bertz CT molecular complexity index is 1460. The molecule has 1 fully saturated rings. The van der Waals surface area contributed by atoms with Crippen LogP contribution < -0.4 is 10.6 Å². The van der Waals surface area contributed by atoms with Gasteiger partial charge < -0.3 is 20.5 Å². The summed E-state index contributed by atoms with van der Waals surface area (Å²) in [6.07, 6.45) is 3.47. The molecule has 3 N–H and O–H groups in total. The SMILES string of the molecule is C[C@@H](Nc1ncc(C#N)c(-c2c[nH]c3ncc(C(F)(F)F)cc23)n1)c1cnc(N[C@H]2CCN(C)C2)nc1. The summed E-state index contributed by atoms with van der Waals surface area (Å²) in [6.45, 7) is 3.84. The number of fused-ring (bicyclic) bond motifs is 1. The van der Waals surface area contributed by atoms with E-state index in [9.17, 15) is 18.4 Å². The van der Waals surface area contributed by atoms with Crippen LogP contribution in [0, 0.1) is 11.3 Å². The second kappa shape index (κ2) is 9.62. The number of hydrogen-bond acceptors (Lipinski definition) is 9. The topological polar surface area (TPSA) is 131 Å². The normalized spacial score (nSPS) is 17.0. The first-order valence-electron chi connectivity index (χ1n) is 11.6. The number of halogens is 3. The van der Waals surface area contributed by atoms with Crippen molar-refractivity contribution >= 4 is 22.9 Å². The Morgan fingerprint density at radius 1 is 1.14 bits per heavy atom. The summed E-state index contributed by atoms with van der Waals surface area (Å²) in [5, 5.41) is 16.3. The van der Waals surface area contributed by atoms with Gasteiger partial charge in [0.05, 0.1) is 29.1 Å². The van der Waals surface area contributed by atoms with Gasteiger partial charge in [0.25, 0.3) is 0 Å². The predicted molar refractivity (Wildman–Crippen MR) is 130 cm³/mol. The molecular formula is C24H23F3N10. The maximum absolute atomic E-state index is 13.3. The molecule has 0 amide bonds. The molecule has 13 heteroatoms. The van der Waals surface area contributed by atoms with Gasteiger partial charge in [-0.1, -0.05) is 0 Å². The molecule has 5 rings (SSSR count). The summed E-state index contributed by atoms with van der Waals surface area (Å²) in [4.78, 5) is 26.4. The summed E-state index contributed by atoms with van der Waals surface area (Å²) in [6, 6.07) is 3.02. The number of nitriles is 1. The third kappa shape index (κ3) is 5.14. The van der Waals surface area contributed by atoms with Crippen molar-refractivity contribution in [1.29, 1.82) is 5.26 Å². The largest absolute Gasteiger partial charge is 0.417 e. The van der Waals surface area contributed by atoms with Crippen molar-refractivity contribution in [3.63, 3.8) is 0 Å². The lowest BCUT2D eigenvalue weighted by atomic mass is 10.1. The Morgan fingerprint density at radius 3 is 2.57 bits per heavy atom. The highest BCUT2D eigenvalue weighted by atomic mass is 19.4. The fourth-order valence-corrected chi connectivity index (χ4v) is 4.24. The Labute approximate surface area is 210 Å². The highest BCUT2D eigenvalue weighted by Crippen LogP contribution is 2.35. The van der Waals surface area contributed by atoms with Gasteiger partial charge >= 0.3 is 6.18 Å². The molecule has 0 bridgehead atoms. The molecule has 1 aliphatic rings. The summed E-state index contributed by atoms with van der Waals surface area (Å²) >= 11 is 0. The van der Waals surface area contributed by atoms with Crippen LogP contribution in [-0.4, -0.2) is 61.0 Å². The smallest absolute Gasteiger partial charge is 0.350 e. The molecule has 190 valence electrons. The second-order valence-corrected chi connectivity index (χ2v) is 8.99. The van der Waals surface area contributed by atoms with E-state index in [2.05, 4.69) is 52.5 Å². The lowest BCUT2D eigenvalue weighted by molar-refractivity contribution is -0.137. The third-order valence-corrected chi connectivity index (χ3v) is 6.26. The monoisotopic (exact) mass is 508 g/mol. The van der Waals surface area contributed by atoms with Crippen LogP contribution in [0.1, 0.15) is 36.1 Å². The molecule has 4 aromatic heterocycles. The van der Waals surface area contributed by atoms with Crippen molar-refractivity contribution in [3.05, 3.63) is 53.7 Å². The molecule has 37 heavy (non-hydrogen) atoms. The van der Waals surface area contributed by atoms with Crippen molar-refractivity contribution < 1.29 is 13.2 Å². The van der Waals surface area contributed by atoms with Crippen LogP contribution >= 0.6 is 0 Å². The van der Waals surface area contributed by atoms with E-state index in [1.54, 1.807) is 12.4 Å². The van der Waals surface area contributed by atoms with Crippen molar-refractivity contribution in [2.45, 2.75) is 31.6 Å². The van der Waals surface area contributed by atoms with Crippen molar-refractivity contribution in [2.24, 2.45) is 0 Å². The van der Waals surface area contributed by atoms with Gasteiger partial charge in [-0.2, -0.15) is 18.4 Å². The number of anilines is 2. The lowest BCUT2D eigenvalue weighted by Crippen LogP contribution is -2.24. The van der Waals surface area contributed by atoms with Gasteiger partial charge in [-0.15, -0.1) is 0 Å². The number of rotatable bonds is 6. The number of nitrogens with zero attached hydrogens (tertiary/aromatic N) is 7. The van der Waals surface area contributed by atoms with E-state index in [1.807, 2.05) is 13.0 Å². The lowest BCUT2D eigenvalue weighted by Gasteiger charge is -2.16. The van der Waals surface area contributed by atoms with E-state index in [4.69, 9.17) is 0 Å². The minimum atomic E-state index is -4.55. The Morgan fingerprint density at radius 2 is 1.89 bits per heavy atom. The third-order valence-electron chi connectivity index (χ3n) is 6.26. The molecule has 0 spiro atoms. The van der Waals surface area contributed by atoms with Crippen LogP contribution in [0.3, 0.4) is 0 Å². The maximum Gasteiger partial charge on any atom is 0.417 e. The number of aromatic amines is 1. The highest BCUT2D eigenvalue weighted by molar-refractivity contribution is 5.94. The molecule has 1 saturated heterocycles. The van der Waals surface area contributed by atoms with E-state index < -0.39 is 11.7 Å². The van der Waals surface area contributed by atoms with Crippen LogP contribution in [0.5, 0.6) is 0 Å². The molecule has 0 aliphatic carbocycles. The molecule has 1 aliphatic heterocycles. The minimum Gasteiger partial charge on any atom is -0.350 e. The zero-order chi connectivity index (χ0) is 26.2. The second-order valence-electron chi connectivity index (χ2n) is 8.99. The van der Waals surface area contributed by atoms with Gasteiger partial charge in [-0.25, -0.2) is 24.9 Å². The molecule has 2 atom stereocenters. The Balaban J connectivity index is 1.38. The summed E-state index contributed by atoms with van der Waals surface area (Å²) < 4.78 is 39.8. The van der Waals surface area contributed by atoms with Gasteiger partial charge in [0.15, 0.2) is 0 Å². The van der Waals surface area contributed by atoms with Crippen molar-refractivity contribution in [3.8, 4) is 17.3 Å². The van der Waals surface area contributed by atoms with Crippen LogP contribution in [-0.2, 0) is 6.18 Å². The number of pyridine rings is 1. The zero-order valence-electron chi connectivity index (χ0n) is 20.0. The average molecular weight is 509 g/mol. The first-order valence-corrected chi connectivity index (χ1v) is 11.6. The van der Waals surface area contributed by atoms with E-state index >= 15 is 0 Å². The molecule has 0 unspecified atom stereocenters. The number of nitrogens with one attached hydrogen (secondary N) is 3. The minimum absolute atomic E-state index is 0.118. The Hall–Kier alpha value is -4.31.